The predicted octanol–water partition coefficient (Wildman–Crippen LogP) is 9.93. The summed E-state index contributed by atoms with van der Waals surface area (Å²) in [5.74, 6) is 0.801. The zero-order chi connectivity index (χ0) is 30.9. The zero-order valence-corrected chi connectivity index (χ0v) is 25.3. The van der Waals surface area contributed by atoms with Gasteiger partial charge in [0, 0.05) is 11.8 Å². The van der Waals surface area contributed by atoms with Crippen LogP contribution >= 0.6 is 0 Å². The molecule has 0 spiro atoms. The molecule has 222 valence electrons. The van der Waals surface area contributed by atoms with Gasteiger partial charge in [0.05, 0.1) is 5.39 Å². The van der Waals surface area contributed by atoms with Crippen LogP contribution in [0.15, 0.2) is 155 Å². The maximum atomic E-state index is 6.21. The lowest BCUT2D eigenvalue weighted by Gasteiger charge is -2.32. The first kappa shape index (κ1) is 26.2. The largest absolute Gasteiger partial charge is 0.454 e. The fourth-order valence-electron chi connectivity index (χ4n) is 7.27. The molecule has 47 heavy (non-hydrogen) atoms. The van der Waals surface area contributed by atoms with Crippen LogP contribution in [-0.2, 0) is 0 Å². The van der Waals surface area contributed by atoms with E-state index in [0.717, 1.165) is 44.6 Å². The number of nitrogens with one attached hydrogen (secondary N) is 2. The molecule has 0 saturated carbocycles. The zero-order valence-electron chi connectivity index (χ0n) is 25.3. The van der Waals surface area contributed by atoms with Crippen molar-refractivity contribution in [3.63, 3.8) is 0 Å². The van der Waals surface area contributed by atoms with Crippen LogP contribution in [0.3, 0.4) is 0 Å². The first-order valence-corrected chi connectivity index (χ1v) is 16.0. The average Bonchev–Trinajstić information content (AvgIpc) is 3.53. The third-order valence-corrected chi connectivity index (χ3v) is 9.56. The van der Waals surface area contributed by atoms with Gasteiger partial charge in [0.1, 0.15) is 29.3 Å². The van der Waals surface area contributed by atoms with E-state index >= 15 is 0 Å². The number of pyridine rings is 1. The molecule has 9 aromatic rings. The summed E-state index contributed by atoms with van der Waals surface area (Å²) in [6.45, 7) is 0. The van der Waals surface area contributed by atoms with Gasteiger partial charge in [-0.3, -0.25) is 10.3 Å². The molecule has 3 heterocycles. The monoisotopic (exact) mass is 604 g/mol. The maximum absolute atomic E-state index is 6.21. The molecule has 2 unspecified atom stereocenters. The Labute approximate surface area is 270 Å². The van der Waals surface area contributed by atoms with Crippen molar-refractivity contribution in [3.8, 4) is 0 Å². The van der Waals surface area contributed by atoms with Gasteiger partial charge in [-0.25, -0.2) is 4.99 Å². The second-order valence-corrected chi connectivity index (χ2v) is 12.3. The van der Waals surface area contributed by atoms with Crippen molar-refractivity contribution in [3.05, 3.63) is 162 Å². The number of aromatic nitrogens is 1. The van der Waals surface area contributed by atoms with Crippen molar-refractivity contribution >= 4 is 71.0 Å². The van der Waals surface area contributed by atoms with Gasteiger partial charge in [0.25, 0.3) is 0 Å². The molecule has 0 saturated heterocycles. The van der Waals surface area contributed by atoms with Crippen LogP contribution in [0.2, 0.25) is 0 Å². The second-order valence-electron chi connectivity index (χ2n) is 12.3. The first-order valence-electron chi connectivity index (χ1n) is 16.0. The number of hydrogen-bond donors (Lipinski definition) is 2. The number of nitrogens with zero attached hydrogens (tertiary/aromatic N) is 2. The fourth-order valence-corrected chi connectivity index (χ4v) is 7.27. The molecule has 10 rings (SSSR count). The van der Waals surface area contributed by atoms with Gasteiger partial charge in [-0.15, -0.1) is 0 Å². The molecule has 0 bridgehead atoms. The lowest BCUT2D eigenvalue weighted by atomic mass is 9.95. The highest BCUT2D eigenvalue weighted by Gasteiger charge is 2.28. The molecule has 1 aliphatic heterocycles. The smallest absolute Gasteiger partial charge is 0.153 e. The predicted molar refractivity (Wildman–Crippen MR) is 193 cm³/mol. The van der Waals surface area contributed by atoms with Crippen molar-refractivity contribution in [2.75, 3.05) is 0 Å². The number of rotatable bonds is 3. The molecule has 1 aliphatic rings. The van der Waals surface area contributed by atoms with Crippen molar-refractivity contribution in [2.45, 2.75) is 12.3 Å². The van der Waals surface area contributed by atoms with Crippen molar-refractivity contribution < 1.29 is 4.42 Å². The first-order chi connectivity index (χ1) is 23.3. The summed E-state index contributed by atoms with van der Waals surface area (Å²) in [6.07, 6.45) is 1.32. The van der Waals surface area contributed by atoms with Crippen LogP contribution in [0.4, 0.5) is 0 Å². The van der Waals surface area contributed by atoms with E-state index in [9.17, 15) is 0 Å². The summed E-state index contributed by atoms with van der Waals surface area (Å²) >= 11 is 0. The van der Waals surface area contributed by atoms with Gasteiger partial charge in [0.2, 0.25) is 0 Å². The normalized spacial score (nSPS) is 16.7. The Morgan fingerprint density at radius 1 is 0.532 bits per heavy atom. The van der Waals surface area contributed by atoms with Gasteiger partial charge in [-0.1, -0.05) is 109 Å². The Hall–Kier alpha value is -6.04. The lowest BCUT2D eigenvalue weighted by Crippen LogP contribution is -2.45. The minimum absolute atomic E-state index is 0.189. The molecule has 0 amide bonds. The number of amidine groups is 1. The average molecular weight is 605 g/mol. The van der Waals surface area contributed by atoms with E-state index in [0.29, 0.717) is 0 Å². The topological polar surface area (TPSA) is 62.5 Å². The quantitative estimate of drug-likeness (QED) is 0.197. The minimum Gasteiger partial charge on any atom is -0.454 e. The standard InChI is InChI=1S/C42H28N4O/c1-2-9-28-23-29(16-14-25(28)7-1)40-44-41(46-42(45-40)34-11-5-12-36-38(34)39-37(47-36)13-6-22-43-39)30-17-15-27-19-20-32-31-10-4-3-8-26(31)18-21-33(32)35(27)24-30/h1-24,40-41,44H,(H,45,46). The van der Waals surface area contributed by atoms with E-state index in [1.54, 1.807) is 0 Å². The number of furan rings is 1. The van der Waals surface area contributed by atoms with Gasteiger partial charge < -0.3 is 9.73 Å². The summed E-state index contributed by atoms with van der Waals surface area (Å²) in [5, 5.41) is 18.4. The lowest BCUT2D eigenvalue weighted by molar-refractivity contribution is 0.409. The molecular formula is C42H28N4O. The molecular weight excluding hydrogens is 576 g/mol. The highest BCUT2D eigenvalue weighted by molar-refractivity contribution is 6.18. The Kier molecular flexibility index (Phi) is 5.71. The van der Waals surface area contributed by atoms with Gasteiger partial charge in [-0.2, -0.15) is 0 Å². The Balaban J connectivity index is 1.17. The SMILES string of the molecule is c1ccc2cc(C3NC(c4cccc5oc6cccnc6c45)=NC(c4ccc5ccc6c7ccccc7ccc6c5c4)N3)ccc2c1. The number of aliphatic imine (C=N–C) groups is 1. The molecule has 2 atom stereocenters. The van der Waals surface area contributed by atoms with Crippen molar-refractivity contribution in [1.29, 1.82) is 0 Å². The van der Waals surface area contributed by atoms with Gasteiger partial charge >= 0.3 is 0 Å². The molecule has 0 radical (unpaired) electrons. The highest BCUT2D eigenvalue weighted by atomic mass is 16.3. The van der Waals surface area contributed by atoms with Crippen molar-refractivity contribution in [1.82, 2.24) is 15.6 Å². The highest BCUT2D eigenvalue weighted by Crippen LogP contribution is 2.36. The van der Waals surface area contributed by atoms with Crippen LogP contribution in [0.1, 0.15) is 29.0 Å². The molecule has 7 aromatic carbocycles. The summed E-state index contributed by atoms with van der Waals surface area (Å²) in [6, 6.07) is 49.4. The Morgan fingerprint density at radius 2 is 1.26 bits per heavy atom. The molecule has 5 heteroatoms. The van der Waals surface area contributed by atoms with E-state index in [1.807, 2.05) is 30.5 Å². The molecule has 2 aromatic heterocycles. The third kappa shape index (κ3) is 4.21. The van der Waals surface area contributed by atoms with Crippen LogP contribution in [0.5, 0.6) is 0 Å². The maximum Gasteiger partial charge on any atom is 0.153 e. The Bertz CT molecular complexity index is 2730. The summed E-state index contributed by atoms with van der Waals surface area (Å²) in [5.41, 5.74) is 5.61. The van der Waals surface area contributed by atoms with Crippen LogP contribution in [0.25, 0.3) is 65.2 Å². The van der Waals surface area contributed by atoms with Crippen LogP contribution < -0.4 is 10.6 Å². The molecule has 2 N–H and O–H groups in total. The summed E-state index contributed by atoms with van der Waals surface area (Å²) in [4.78, 5) is 10.1. The van der Waals surface area contributed by atoms with Crippen molar-refractivity contribution in [2.24, 2.45) is 4.99 Å². The number of fused-ring (bicyclic) bond motifs is 9. The van der Waals surface area contributed by atoms with E-state index in [1.165, 1.54) is 43.1 Å². The fraction of sp³-hybridized carbons (Fsp3) is 0.0476. The Morgan fingerprint density at radius 3 is 2.17 bits per heavy atom. The molecule has 5 nitrogen and oxygen atoms in total. The summed E-state index contributed by atoms with van der Waals surface area (Å²) < 4.78 is 6.21. The van der Waals surface area contributed by atoms with Crippen LogP contribution in [0, 0.1) is 0 Å². The molecule has 0 aliphatic carbocycles. The van der Waals surface area contributed by atoms with E-state index in [4.69, 9.17) is 14.4 Å². The minimum atomic E-state index is -0.302. The van der Waals surface area contributed by atoms with E-state index in [2.05, 4.69) is 126 Å². The van der Waals surface area contributed by atoms with Gasteiger partial charge in [-0.05, 0) is 84.5 Å². The van der Waals surface area contributed by atoms with E-state index in [-0.39, 0.29) is 12.3 Å². The molecule has 0 fully saturated rings. The summed E-state index contributed by atoms with van der Waals surface area (Å²) in [7, 11) is 0. The van der Waals surface area contributed by atoms with Gasteiger partial charge in [0.15, 0.2) is 5.58 Å². The third-order valence-electron chi connectivity index (χ3n) is 9.56. The number of benzene rings is 7. The van der Waals surface area contributed by atoms with E-state index < -0.39 is 0 Å². The van der Waals surface area contributed by atoms with Crippen LogP contribution in [-0.4, -0.2) is 10.8 Å². The number of hydrogen-bond acceptors (Lipinski definition) is 5. The second kappa shape index (κ2) is 10.2.